The molecular weight excluding hydrogens is 372 g/mol. The average molecular weight is 394 g/mol. The zero-order valence-corrected chi connectivity index (χ0v) is 16.3. The molecule has 0 radical (unpaired) electrons. The van der Waals surface area contributed by atoms with Crippen molar-refractivity contribution in [2.45, 2.75) is 13.8 Å². The summed E-state index contributed by atoms with van der Waals surface area (Å²) < 4.78 is 10.4. The van der Waals surface area contributed by atoms with E-state index in [4.69, 9.17) is 9.47 Å². The van der Waals surface area contributed by atoms with Gasteiger partial charge in [-0.15, -0.1) is 0 Å². The van der Waals surface area contributed by atoms with Gasteiger partial charge in [-0.2, -0.15) is 0 Å². The maximum atomic E-state index is 12.5. The standard InChI is InChI=1S/C22H22N2O5/c1-3-28-16-10-8-15(9-11-16)22(27)23-12-20(26)29-13-19(25)21-14(2)24-18-7-5-4-6-17(18)21/h4-11,24H,3,12-13H2,1-2H3,(H,23,27). The molecule has 3 rings (SSSR count). The van der Waals surface area contributed by atoms with Crippen LogP contribution in [-0.2, 0) is 9.53 Å². The zero-order valence-electron chi connectivity index (χ0n) is 16.3. The van der Waals surface area contributed by atoms with Crippen molar-refractivity contribution in [3.8, 4) is 5.75 Å². The fraction of sp³-hybridized carbons (Fsp3) is 0.227. The molecule has 1 aromatic heterocycles. The van der Waals surface area contributed by atoms with E-state index >= 15 is 0 Å². The van der Waals surface area contributed by atoms with E-state index in [2.05, 4.69) is 10.3 Å². The number of carbonyl (C=O) groups is 3. The molecule has 7 heteroatoms. The van der Waals surface area contributed by atoms with E-state index in [1.165, 1.54) is 0 Å². The van der Waals surface area contributed by atoms with Crippen molar-refractivity contribution in [1.82, 2.24) is 10.3 Å². The smallest absolute Gasteiger partial charge is 0.325 e. The van der Waals surface area contributed by atoms with Gasteiger partial charge in [0.15, 0.2) is 6.61 Å². The van der Waals surface area contributed by atoms with Gasteiger partial charge in [-0.1, -0.05) is 18.2 Å². The number of hydrogen-bond acceptors (Lipinski definition) is 5. The van der Waals surface area contributed by atoms with Crippen LogP contribution in [0.1, 0.15) is 33.3 Å². The Labute approximate surface area is 168 Å². The number of esters is 1. The van der Waals surface area contributed by atoms with Crippen LogP contribution in [0.2, 0.25) is 0 Å². The highest BCUT2D eigenvalue weighted by atomic mass is 16.5. The first-order valence-corrected chi connectivity index (χ1v) is 9.26. The van der Waals surface area contributed by atoms with Gasteiger partial charge in [0.25, 0.3) is 5.91 Å². The predicted octanol–water partition coefficient (Wildman–Crippen LogP) is 3.03. The summed E-state index contributed by atoms with van der Waals surface area (Å²) >= 11 is 0. The monoisotopic (exact) mass is 394 g/mol. The van der Waals surface area contributed by atoms with Crippen molar-refractivity contribution in [3.05, 3.63) is 65.4 Å². The summed E-state index contributed by atoms with van der Waals surface area (Å²) in [6.07, 6.45) is 0. The summed E-state index contributed by atoms with van der Waals surface area (Å²) in [6, 6.07) is 14.0. The van der Waals surface area contributed by atoms with Crippen LogP contribution in [0.4, 0.5) is 0 Å². The molecule has 7 nitrogen and oxygen atoms in total. The van der Waals surface area contributed by atoms with Crippen LogP contribution >= 0.6 is 0 Å². The molecule has 2 aromatic carbocycles. The number of aromatic nitrogens is 1. The van der Waals surface area contributed by atoms with Crippen molar-refractivity contribution in [1.29, 1.82) is 0 Å². The van der Waals surface area contributed by atoms with Gasteiger partial charge in [0, 0.05) is 27.7 Å². The Bertz CT molecular complexity index is 1040. The summed E-state index contributed by atoms with van der Waals surface area (Å²) in [5.41, 5.74) is 2.47. The lowest BCUT2D eigenvalue weighted by atomic mass is 10.1. The van der Waals surface area contributed by atoms with Gasteiger partial charge >= 0.3 is 5.97 Å². The SMILES string of the molecule is CCOc1ccc(C(=O)NCC(=O)OCC(=O)c2c(C)[nH]c3ccccc23)cc1. The van der Waals surface area contributed by atoms with E-state index < -0.39 is 11.9 Å². The van der Waals surface area contributed by atoms with Crippen molar-refractivity contribution in [2.75, 3.05) is 19.8 Å². The number of Topliss-reactive ketones (excluding diaryl/α,β-unsaturated/α-hetero) is 1. The highest BCUT2D eigenvalue weighted by molar-refractivity contribution is 6.10. The summed E-state index contributed by atoms with van der Waals surface area (Å²) in [4.78, 5) is 39.7. The largest absolute Gasteiger partial charge is 0.494 e. The number of H-pyrrole nitrogens is 1. The number of benzene rings is 2. The number of hydrogen-bond donors (Lipinski definition) is 2. The van der Waals surface area contributed by atoms with Gasteiger partial charge in [0.05, 0.1) is 6.61 Å². The van der Waals surface area contributed by atoms with E-state index in [0.29, 0.717) is 23.5 Å². The number of amides is 1. The Morgan fingerprint density at radius 2 is 1.76 bits per heavy atom. The summed E-state index contributed by atoms with van der Waals surface area (Å²) in [6.45, 7) is 3.49. The highest BCUT2D eigenvalue weighted by Gasteiger charge is 2.18. The topological polar surface area (TPSA) is 97.5 Å². The Balaban J connectivity index is 1.51. The second-order valence-corrected chi connectivity index (χ2v) is 6.39. The molecule has 150 valence electrons. The van der Waals surface area contributed by atoms with Crippen LogP contribution in [-0.4, -0.2) is 42.4 Å². The summed E-state index contributed by atoms with van der Waals surface area (Å²) in [5.74, 6) is -0.736. The molecule has 0 aliphatic rings. The van der Waals surface area contributed by atoms with Gasteiger partial charge in [-0.3, -0.25) is 14.4 Å². The van der Waals surface area contributed by atoms with E-state index in [1.807, 2.05) is 31.2 Å². The lowest BCUT2D eigenvalue weighted by Gasteiger charge is -2.07. The lowest BCUT2D eigenvalue weighted by Crippen LogP contribution is -2.31. The fourth-order valence-electron chi connectivity index (χ4n) is 3.03. The Kier molecular flexibility index (Phi) is 6.29. The maximum Gasteiger partial charge on any atom is 0.325 e. The third-order valence-corrected chi connectivity index (χ3v) is 4.36. The molecule has 0 aliphatic heterocycles. The van der Waals surface area contributed by atoms with E-state index in [-0.39, 0.29) is 18.9 Å². The number of ether oxygens (including phenoxy) is 2. The molecule has 3 aromatic rings. The molecule has 1 heterocycles. The molecule has 0 fully saturated rings. The fourth-order valence-corrected chi connectivity index (χ4v) is 3.03. The molecule has 0 saturated heterocycles. The molecule has 1 amide bonds. The lowest BCUT2D eigenvalue weighted by molar-refractivity contribution is -0.141. The van der Waals surface area contributed by atoms with Crippen LogP contribution in [0.25, 0.3) is 10.9 Å². The van der Waals surface area contributed by atoms with E-state index in [0.717, 1.165) is 16.6 Å². The van der Waals surface area contributed by atoms with Crippen LogP contribution in [0.5, 0.6) is 5.75 Å². The quantitative estimate of drug-likeness (QED) is 0.452. The number of carbonyl (C=O) groups excluding carboxylic acids is 3. The number of nitrogens with one attached hydrogen (secondary N) is 2. The molecule has 0 atom stereocenters. The second kappa shape index (κ2) is 9.05. The number of rotatable bonds is 8. The number of fused-ring (bicyclic) bond motifs is 1. The average Bonchev–Trinajstić information content (AvgIpc) is 3.06. The van der Waals surface area contributed by atoms with E-state index in [9.17, 15) is 14.4 Å². The third kappa shape index (κ3) is 4.82. The zero-order chi connectivity index (χ0) is 20.8. The van der Waals surface area contributed by atoms with Gasteiger partial charge < -0.3 is 19.8 Å². The normalized spacial score (nSPS) is 10.6. The molecule has 29 heavy (non-hydrogen) atoms. The van der Waals surface area contributed by atoms with Gasteiger partial charge in [-0.25, -0.2) is 0 Å². The van der Waals surface area contributed by atoms with Crippen molar-refractivity contribution in [2.24, 2.45) is 0 Å². The molecular formula is C22H22N2O5. The molecule has 0 spiro atoms. The van der Waals surface area contributed by atoms with Crippen LogP contribution in [0.3, 0.4) is 0 Å². The van der Waals surface area contributed by atoms with Crippen LogP contribution < -0.4 is 10.1 Å². The third-order valence-electron chi connectivity index (χ3n) is 4.36. The first-order chi connectivity index (χ1) is 14.0. The van der Waals surface area contributed by atoms with Gasteiger partial charge in [-0.05, 0) is 44.2 Å². The molecule has 0 bridgehead atoms. The highest BCUT2D eigenvalue weighted by Crippen LogP contribution is 2.22. The molecule has 0 saturated carbocycles. The maximum absolute atomic E-state index is 12.5. The molecule has 0 unspecified atom stereocenters. The first kappa shape index (κ1) is 20.1. The van der Waals surface area contributed by atoms with Gasteiger partial charge in [0.1, 0.15) is 12.3 Å². The van der Waals surface area contributed by atoms with Crippen molar-refractivity contribution >= 4 is 28.6 Å². The minimum Gasteiger partial charge on any atom is -0.494 e. The summed E-state index contributed by atoms with van der Waals surface area (Å²) in [7, 11) is 0. The number of aromatic amines is 1. The minimum atomic E-state index is -0.685. The summed E-state index contributed by atoms with van der Waals surface area (Å²) in [5, 5.41) is 3.26. The number of para-hydroxylation sites is 1. The van der Waals surface area contributed by atoms with E-state index in [1.54, 1.807) is 31.2 Å². The number of ketones is 1. The van der Waals surface area contributed by atoms with Crippen molar-refractivity contribution < 1.29 is 23.9 Å². The number of aryl methyl sites for hydroxylation is 1. The second-order valence-electron chi connectivity index (χ2n) is 6.39. The Morgan fingerprint density at radius 1 is 1.03 bits per heavy atom. The Hall–Kier alpha value is -3.61. The van der Waals surface area contributed by atoms with Crippen LogP contribution in [0, 0.1) is 6.92 Å². The predicted molar refractivity (Wildman–Crippen MR) is 108 cm³/mol. The van der Waals surface area contributed by atoms with Crippen molar-refractivity contribution in [3.63, 3.8) is 0 Å². The minimum absolute atomic E-state index is 0.300. The molecule has 0 aliphatic carbocycles. The Morgan fingerprint density at radius 3 is 2.48 bits per heavy atom. The first-order valence-electron chi connectivity index (χ1n) is 9.26. The molecule has 2 N–H and O–H groups in total. The van der Waals surface area contributed by atoms with Crippen LogP contribution in [0.15, 0.2) is 48.5 Å². The van der Waals surface area contributed by atoms with Gasteiger partial charge in [0.2, 0.25) is 5.78 Å².